The Bertz CT molecular complexity index is 1010. The summed E-state index contributed by atoms with van der Waals surface area (Å²) in [4.78, 5) is 27.7. The molecule has 0 bridgehead atoms. The molecule has 0 atom stereocenters. The lowest BCUT2D eigenvalue weighted by Gasteiger charge is -2.10. The van der Waals surface area contributed by atoms with Crippen LogP contribution in [0.4, 0.5) is 21.5 Å². The SMILES string of the molecule is CC(=O)Nc1cccc(NC(=O)c2cncc(NCc3ccccc3F)c2)c1. The van der Waals surface area contributed by atoms with Crippen molar-refractivity contribution < 1.29 is 14.0 Å². The lowest BCUT2D eigenvalue weighted by molar-refractivity contribution is -0.114. The van der Waals surface area contributed by atoms with E-state index in [2.05, 4.69) is 20.9 Å². The summed E-state index contributed by atoms with van der Waals surface area (Å²) in [6, 6.07) is 15.0. The van der Waals surface area contributed by atoms with E-state index in [1.54, 1.807) is 54.7 Å². The third-order valence-corrected chi connectivity index (χ3v) is 3.88. The molecule has 0 fully saturated rings. The first-order chi connectivity index (χ1) is 13.5. The number of nitrogens with zero attached hydrogens (tertiary/aromatic N) is 1. The van der Waals surface area contributed by atoms with Crippen molar-refractivity contribution in [2.45, 2.75) is 13.5 Å². The molecule has 3 N–H and O–H groups in total. The van der Waals surface area contributed by atoms with E-state index in [1.165, 1.54) is 19.2 Å². The first-order valence-electron chi connectivity index (χ1n) is 8.62. The number of carbonyl (C=O) groups excluding carboxylic acids is 2. The van der Waals surface area contributed by atoms with Crippen LogP contribution in [0.25, 0.3) is 0 Å². The molecule has 3 aromatic rings. The van der Waals surface area contributed by atoms with Gasteiger partial charge in [-0.2, -0.15) is 0 Å². The maximum absolute atomic E-state index is 13.7. The molecule has 0 aliphatic rings. The smallest absolute Gasteiger partial charge is 0.257 e. The molecule has 6 nitrogen and oxygen atoms in total. The number of pyridine rings is 1. The zero-order valence-electron chi connectivity index (χ0n) is 15.2. The number of amides is 2. The van der Waals surface area contributed by atoms with Crippen molar-refractivity contribution in [2.75, 3.05) is 16.0 Å². The van der Waals surface area contributed by atoms with E-state index >= 15 is 0 Å². The van der Waals surface area contributed by atoms with Crippen LogP contribution in [0.1, 0.15) is 22.8 Å². The molecule has 0 radical (unpaired) electrons. The normalized spacial score (nSPS) is 10.2. The Balaban J connectivity index is 1.67. The van der Waals surface area contributed by atoms with Gasteiger partial charge >= 0.3 is 0 Å². The van der Waals surface area contributed by atoms with Gasteiger partial charge in [0.1, 0.15) is 5.82 Å². The molecule has 7 heteroatoms. The lowest BCUT2D eigenvalue weighted by Crippen LogP contribution is -2.13. The Morgan fingerprint density at radius 1 is 0.929 bits per heavy atom. The van der Waals surface area contributed by atoms with Gasteiger partial charge < -0.3 is 16.0 Å². The van der Waals surface area contributed by atoms with Gasteiger partial charge in [0.2, 0.25) is 5.91 Å². The second-order valence-corrected chi connectivity index (χ2v) is 6.12. The van der Waals surface area contributed by atoms with Crippen molar-refractivity contribution in [2.24, 2.45) is 0 Å². The topological polar surface area (TPSA) is 83.1 Å². The van der Waals surface area contributed by atoms with Gasteiger partial charge in [-0.3, -0.25) is 14.6 Å². The Hall–Kier alpha value is -3.74. The quantitative estimate of drug-likeness (QED) is 0.604. The van der Waals surface area contributed by atoms with Gasteiger partial charge in [-0.15, -0.1) is 0 Å². The summed E-state index contributed by atoms with van der Waals surface area (Å²) >= 11 is 0. The number of benzene rings is 2. The summed E-state index contributed by atoms with van der Waals surface area (Å²) in [5, 5.41) is 8.49. The molecule has 0 unspecified atom stereocenters. The maximum Gasteiger partial charge on any atom is 0.257 e. The molecule has 28 heavy (non-hydrogen) atoms. The Labute approximate surface area is 161 Å². The van der Waals surface area contributed by atoms with E-state index in [9.17, 15) is 14.0 Å². The van der Waals surface area contributed by atoms with Crippen LogP contribution in [0.2, 0.25) is 0 Å². The number of carbonyl (C=O) groups is 2. The van der Waals surface area contributed by atoms with Crippen molar-refractivity contribution in [1.82, 2.24) is 4.98 Å². The van der Waals surface area contributed by atoms with Crippen LogP contribution < -0.4 is 16.0 Å². The zero-order chi connectivity index (χ0) is 19.9. The highest BCUT2D eigenvalue weighted by Crippen LogP contribution is 2.17. The van der Waals surface area contributed by atoms with Crippen LogP contribution in [-0.2, 0) is 11.3 Å². The third kappa shape index (κ3) is 5.14. The minimum atomic E-state index is -0.345. The number of anilines is 3. The molecule has 3 rings (SSSR count). The van der Waals surface area contributed by atoms with Crippen molar-refractivity contribution in [3.05, 3.63) is 83.9 Å². The van der Waals surface area contributed by atoms with Crippen molar-refractivity contribution in [3.8, 4) is 0 Å². The van der Waals surface area contributed by atoms with Crippen molar-refractivity contribution in [1.29, 1.82) is 0 Å². The highest BCUT2D eigenvalue weighted by atomic mass is 19.1. The molecule has 2 aromatic carbocycles. The fourth-order valence-corrected chi connectivity index (χ4v) is 2.58. The van der Waals surface area contributed by atoms with Crippen LogP contribution in [0.5, 0.6) is 0 Å². The van der Waals surface area contributed by atoms with E-state index in [4.69, 9.17) is 0 Å². The minimum absolute atomic E-state index is 0.193. The van der Waals surface area contributed by atoms with E-state index < -0.39 is 0 Å². The van der Waals surface area contributed by atoms with Crippen LogP contribution in [0.15, 0.2) is 67.0 Å². The fraction of sp³-hybridized carbons (Fsp3) is 0.0952. The minimum Gasteiger partial charge on any atom is -0.380 e. The average molecular weight is 378 g/mol. The van der Waals surface area contributed by atoms with E-state index in [0.29, 0.717) is 28.2 Å². The number of hydrogen-bond acceptors (Lipinski definition) is 4. The van der Waals surface area contributed by atoms with Gasteiger partial charge in [-0.05, 0) is 30.3 Å². The van der Waals surface area contributed by atoms with E-state index in [0.717, 1.165) is 0 Å². The van der Waals surface area contributed by atoms with Crippen molar-refractivity contribution >= 4 is 28.9 Å². The molecule has 0 aliphatic carbocycles. The van der Waals surface area contributed by atoms with E-state index in [1.807, 2.05) is 0 Å². The molecule has 1 aromatic heterocycles. The number of hydrogen-bond donors (Lipinski definition) is 3. The second kappa shape index (κ2) is 8.77. The molecule has 142 valence electrons. The molecule has 0 saturated carbocycles. The molecule has 0 spiro atoms. The predicted molar refractivity (Wildman–Crippen MR) is 107 cm³/mol. The average Bonchev–Trinajstić information content (AvgIpc) is 2.67. The molecule has 0 aliphatic heterocycles. The molecule has 1 heterocycles. The number of aromatic nitrogens is 1. The summed E-state index contributed by atoms with van der Waals surface area (Å²) < 4.78 is 13.7. The van der Waals surface area contributed by atoms with Gasteiger partial charge in [0.25, 0.3) is 5.91 Å². The first kappa shape index (κ1) is 19.0. The highest BCUT2D eigenvalue weighted by molar-refractivity contribution is 6.05. The first-order valence-corrected chi connectivity index (χ1v) is 8.62. The summed E-state index contributed by atoms with van der Waals surface area (Å²) in [7, 11) is 0. The highest BCUT2D eigenvalue weighted by Gasteiger charge is 2.09. The Kier molecular flexibility index (Phi) is 5.96. The van der Waals surface area contributed by atoms with E-state index in [-0.39, 0.29) is 24.2 Å². The van der Waals surface area contributed by atoms with Gasteiger partial charge in [0.15, 0.2) is 0 Å². The van der Waals surface area contributed by atoms with Gasteiger partial charge in [-0.1, -0.05) is 24.3 Å². The Morgan fingerprint density at radius 3 is 2.43 bits per heavy atom. The maximum atomic E-state index is 13.7. The summed E-state index contributed by atoms with van der Waals surface area (Å²) in [6.45, 7) is 1.69. The summed E-state index contributed by atoms with van der Waals surface area (Å²) in [5.74, 6) is -0.834. The second-order valence-electron chi connectivity index (χ2n) is 6.12. The summed E-state index contributed by atoms with van der Waals surface area (Å²) in [6.07, 6.45) is 3.01. The van der Waals surface area contributed by atoms with Gasteiger partial charge in [0, 0.05) is 42.8 Å². The molecular weight excluding hydrogens is 359 g/mol. The van der Waals surface area contributed by atoms with Crippen LogP contribution in [0.3, 0.4) is 0 Å². The predicted octanol–water partition coefficient (Wildman–Crippen LogP) is 4.04. The third-order valence-electron chi connectivity index (χ3n) is 3.88. The van der Waals surface area contributed by atoms with Crippen LogP contribution in [-0.4, -0.2) is 16.8 Å². The zero-order valence-corrected chi connectivity index (χ0v) is 15.2. The number of halogens is 1. The monoisotopic (exact) mass is 378 g/mol. The fourth-order valence-electron chi connectivity index (χ4n) is 2.58. The molecule has 2 amide bonds. The lowest BCUT2D eigenvalue weighted by atomic mass is 10.2. The Morgan fingerprint density at radius 2 is 1.68 bits per heavy atom. The number of nitrogens with one attached hydrogen (secondary N) is 3. The van der Waals surface area contributed by atoms with Gasteiger partial charge in [-0.25, -0.2) is 4.39 Å². The van der Waals surface area contributed by atoms with Gasteiger partial charge in [0.05, 0.1) is 11.3 Å². The molecule has 0 saturated heterocycles. The van der Waals surface area contributed by atoms with Crippen LogP contribution >= 0.6 is 0 Å². The standard InChI is InChI=1S/C21H19FN4O2/c1-14(27)25-17-6-4-7-18(10-17)26-21(28)16-9-19(13-23-11-16)24-12-15-5-2-3-8-20(15)22/h2-11,13,24H,12H2,1H3,(H,25,27)(H,26,28). The van der Waals surface area contributed by atoms with Crippen LogP contribution in [0, 0.1) is 5.82 Å². The summed E-state index contributed by atoms with van der Waals surface area (Å²) in [5.41, 5.74) is 2.60. The van der Waals surface area contributed by atoms with Crippen molar-refractivity contribution in [3.63, 3.8) is 0 Å². The largest absolute Gasteiger partial charge is 0.380 e. The molecular formula is C21H19FN4O2. The number of rotatable bonds is 6.